The molecule has 0 aromatic rings. The lowest BCUT2D eigenvalue weighted by atomic mass is 9.95. The maximum atomic E-state index is 6.97. The Balaban J connectivity index is 3.51. The molecule has 0 rings (SSSR count). The minimum Gasteiger partial charge on any atom is -0.313 e. The third kappa shape index (κ3) is 2.10. The molecule has 8 heavy (non-hydrogen) atoms. The number of nitrogens with one attached hydrogen (secondary N) is 1. The van der Waals surface area contributed by atoms with E-state index in [9.17, 15) is 0 Å². The van der Waals surface area contributed by atoms with Crippen molar-refractivity contribution in [3.63, 3.8) is 0 Å². The smallest absolute Gasteiger partial charge is 0.00143 e. The largest absolute Gasteiger partial charge is 0.313 e. The number of hydrogen-bond acceptors (Lipinski definition) is 1. The molecule has 1 N–H and O–H groups in total. The summed E-state index contributed by atoms with van der Waals surface area (Å²) in [5, 5.41) is 6.97. The zero-order valence-electron chi connectivity index (χ0n) is 5.94. The van der Waals surface area contributed by atoms with Crippen molar-refractivity contribution in [3.05, 3.63) is 0 Å². The molecule has 1 atom stereocenters. The second kappa shape index (κ2) is 3.65. The van der Waals surface area contributed by atoms with Crippen molar-refractivity contribution >= 4 is 6.21 Å². The van der Waals surface area contributed by atoms with Crippen molar-refractivity contribution in [1.29, 1.82) is 5.41 Å². The molecule has 0 aromatic carbocycles. The Bertz CT molecular complexity index is 66.8. The molecule has 0 aliphatic carbocycles. The first-order chi connectivity index (χ1) is 3.72. The lowest BCUT2D eigenvalue weighted by Gasteiger charge is -2.11. The summed E-state index contributed by atoms with van der Waals surface area (Å²) in [5.74, 6) is 1.13. The molecule has 0 saturated carbocycles. The van der Waals surface area contributed by atoms with Gasteiger partial charge in [0.2, 0.25) is 0 Å². The van der Waals surface area contributed by atoms with E-state index in [1.807, 2.05) is 0 Å². The van der Waals surface area contributed by atoms with Crippen LogP contribution in [0.5, 0.6) is 0 Å². The Morgan fingerprint density at radius 3 is 2.00 bits per heavy atom. The van der Waals surface area contributed by atoms with Crippen LogP contribution in [0.3, 0.4) is 0 Å². The average molecular weight is 113 g/mol. The second-order valence-electron chi connectivity index (χ2n) is 2.48. The minimum atomic E-state index is 0.495. The molecule has 0 fully saturated rings. The molecular weight excluding hydrogens is 98.1 g/mol. The summed E-state index contributed by atoms with van der Waals surface area (Å²) in [7, 11) is 0. The maximum absolute atomic E-state index is 6.97. The zero-order valence-corrected chi connectivity index (χ0v) is 5.94. The Labute approximate surface area is 51.6 Å². The maximum Gasteiger partial charge on any atom is -0.00143 e. The van der Waals surface area contributed by atoms with Crippen LogP contribution in [0.25, 0.3) is 0 Å². The van der Waals surface area contributed by atoms with Crippen LogP contribution < -0.4 is 0 Å². The lowest BCUT2D eigenvalue weighted by Crippen LogP contribution is -2.07. The van der Waals surface area contributed by atoms with Gasteiger partial charge in [-0.25, -0.2) is 0 Å². The van der Waals surface area contributed by atoms with Crippen molar-refractivity contribution in [2.75, 3.05) is 0 Å². The molecule has 0 aliphatic rings. The highest BCUT2D eigenvalue weighted by Crippen LogP contribution is 2.10. The van der Waals surface area contributed by atoms with E-state index < -0.39 is 0 Å². The summed E-state index contributed by atoms with van der Waals surface area (Å²) < 4.78 is 0. The van der Waals surface area contributed by atoms with E-state index in [4.69, 9.17) is 5.41 Å². The van der Waals surface area contributed by atoms with E-state index in [2.05, 4.69) is 20.8 Å². The van der Waals surface area contributed by atoms with Gasteiger partial charge in [0.25, 0.3) is 0 Å². The molecule has 0 heterocycles. The fourth-order valence-corrected chi connectivity index (χ4v) is 0.782. The SMILES string of the molecule is CCC(C=N)C(C)C. The van der Waals surface area contributed by atoms with Crippen LogP contribution in [-0.2, 0) is 0 Å². The van der Waals surface area contributed by atoms with E-state index in [1.54, 1.807) is 6.21 Å². The highest BCUT2D eigenvalue weighted by Gasteiger charge is 2.05. The van der Waals surface area contributed by atoms with Crippen LogP contribution in [0.4, 0.5) is 0 Å². The molecule has 1 unspecified atom stereocenters. The summed E-state index contributed by atoms with van der Waals surface area (Å²) >= 11 is 0. The van der Waals surface area contributed by atoms with E-state index in [0.29, 0.717) is 11.8 Å². The van der Waals surface area contributed by atoms with Gasteiger partial charge < -0.3 is 5.41 Å². The highest BCUT2D eigenvalue weighted by atomic mass is 14.4. The summed E-state index contributed by atoms with van der Waals surface area (Å²) in [6, 6.07) is 0. The first kappa shape index (κ1) is 7.67. The predicted octanol–water partition coefficient (Wildman–Crippen LogP) is 2.32. The van der Waals surface area contributed by atoms with Crippen LogP contribution in [0.2, 0.25) is 0 Å². The van der Waals surface area contributed by atoms with Crippen LogP contribution in [0.15, 0.2) is 0 Å². The van der Waals surface area contributed by atoms with Gasteiger partial charge in [-0.15, -0.1) is 0 Å². The third-order valence-corrected chi connectivity index (χ3v) is 1.54. The Morgan fingerprint density at radius 2 is 2.00 bits per heavy atom. The molecule has 0 saturated heterocycles. The van der Waals surface area contributed by atoms with Gasteiger partial charge in [0.15, 0.2) is 0 Å². The summed E-state index contributed by atoms with van der Waals surface area (Å²) in [5.41, 5.74) is 0. The van der Waals surface area contributed by atoms with Gasteiger partial charge >= 0.3 is 0 Å². The fourth-order valence-electron chi connectivity index (χ4n) is 0.782. The molecule has 48 valence electrons. The van der Waals surface area contributed by atoms with Gasteiger partial charge in [-0.1, -0.05) is 20.8 Å². The van der Waals surface area contributed by atoms with Gasteiger partial charge in [-0.05, 0) is 24.5 Å². The van der Waals surface area contributed by atoms with Gasteiger partial charge in [0, 0.05) is 0 Å². The molecule has 0 aliphatic heterocycles. The fraction of sp³-hybridized carbons (Fsp3) is 0.857. The third-order valence-electron chi connectivity index (χ3n) is 1.54. The quantitative estimate of drug-likeness (QED) is 0.543. The molecule has 0 amide bonds. The van der Waals surface area contributed by atoms with E-state index in [0.717, 1.165) is 6.42 Å². The van der Waals surface area contributed by atoms with Gasteiger partial charge in [0.05, 0.1) is 0 Å². The molecule has 0 bridgehead atoms. The van der Waals surface area contributed by atoms with Crippen LogP contribution >= 0.6 is 0 Å². The Hall–Kier alpha value is -0.330. The van der Waals surface area contributed by atoms with Gasteiger partial charge in [-0.3, -0.25) is 0 Å². The predicted molar refractivity (Wildman–Crippen MR) is 37.4 cm³/mol. The van der Waals surface area contributed by atoms with Gasteiger partial charge in [0.1, 0.15) is 0 Å². The Kier molecular flexibility index (Phi) is 3.49. The molecule has 1 nitrogen and oxygen atoms in total. The molecule has 1 heteroatoms. The van der Waals surface area contributed by atoms with Gasteiger partial charge in [-0.2, -0.15) is 0 Å². The van der Waals surface area contributed by atoms with E-state index in [-0.39, 0.29) is 0 Å². The summed E-state index contributed by atoms with van der Waals surface area (Å²) in [4.78, 5) is 0. The van der Waals surface area contributed by atoms with Crippen LogP contribution in [-0.4, -0.2) is 6.21 Å². The number of hydrogen-bond donors (Lipinski definition) is 1. The first-order valence-electron chi connectivity index (χ1n) is 3.23. The minimum absolute atomic E-state index is 0.495. The lowest BCUT2D eigenvalue weighted by molar-refractivity contribution is 0.487. The van der Waals surface area contributed by atoms with Crippen LogP contribution in [0, 0.1) is 17.2 Å². The molecule has 0 aromatic heterocycles. The molecule has 0 radical (unpaired) electrons. The summed E-state index contributed by atoms with van der Waals surface area (Å²) in [6.07, 6.45) is 2.64. The first-order valence-corrected chi connectivity index (χ1v) is 3.23. The zero-order chi connectivity index (χ0) is 6.57. The van der Waals surface area contributed by atoms with Crippen LogP contribution in [0.1, 0.15) is 27.2 Å². The highest BCUT2D eigenvalue weighted by molar-refractivity contribution is 5.56. The summed E-state index contributed by atoms with van der Waals surface area (Å²) in [6.45, 7) is 6.42. The topological polar surface area (TPSA) is 23.9 Å². The van der Waals surface area contributed by atoms with Crippen molar-refractivity contribution in [3.8, 4) is 0 Å². The standard InChI is InChI=1S/C7H15N/c1-4-7(5-8)6(2)3/h5-8H,4H2,1-3H3. The monoisotopic (exact) mass is 113 g/mol. The van der Waals surface area contributed by atoms with Crippen molar-refractivity contribution in [2.45, 2.75) is 27.2 Å². The van der Waals surface area contributed by atoms with E-state index >= 15 is 0 Å². The number of rotatable bonds is 3. The molecule has 0 spiro atoms. The van der Waals surface area contributed by atoms with E-state index in [1.165, 1.54) is 0 Å². The second-order valence-corrected chi connectivity index (χ2v) is 2.48. The normalized spacial score (nSPS) is 14.0. The van der Waals surface area contributed by atoms with Crippen molar-refractivity contribution < 1.29 is 0 Å². The van der Waals surface area contributed by atoms with Crippen molar-refractivity contribution in [2.24, 2.45) is 11.8 Å². The Morgan fingerprint density at radius 1 is 1.50 bits per heavy atom. The average Bonchev–Trinajstić information content (AvgIpc) is 1.69. The van der Waals surface area contributed by atoms with Crippen molar-refractivity contribution in [1.82, 2.24) is 0 Å². The molecular formula is C7H15N.